The molecule has 0 aliphatic heterocycles. The van der Waals surface area contributed by atoms with E-state index in [9.17, 15) is 0 Å². The predicted molar refractivity (Wildman–Crippen MR) is 103 cm³/mol. The van der Waals surface area contributed by atoms with Crippen molar-refractivity contribution < 1.29 is 0 Å². The van der Waals surface area contributed by atoms with E-state index in [1.807, 2.05) is 18.2 Å². The van der Waals surface area contributed by atoms with Crippen LogP contribution in [-0.2, 0) is 0 Å². The fourth-order valence-electron chi connectivity index (χ4n) is 2.05. The average molecular weight is 398 g/mol. The van der Waals surface area contributed by atoms with Crippen LogP contribution >= 0.6 is 39.7 Å². The lowest BCUT2D eigenvalue weighted by molar-refractivity contribution is 0.721. The number of hydrogen-bond acceptors (Lipinski definition) is 1. The number of aryl methyl sites for hydroxylation is 2. The van der Waals surface area contributed by atoms with Gasteiger partial charge in [-0.2, -0.15) is 0 Å². The van der Waals surface area contributed by atoms with E-state index in [4.69, 9.17) is 23.8 Å². The van der Waals surface area contributed by atoms with Crippen LogP contribution in [0.25, 0.3) is 0 Å². The lowest BCUT2D eigenvalue weighted by Crippen LogP contribution is -2.30. The third-order valence-corrected chi connectivity index (χ3v) is 5.01. The lowest BCUT2D eigenvalue weighted by atomic mass is 10.0. The second-order valence-corrected chi connectivity index (χ2v) is 6.96. The minimum atomic E-state index is 0.130. The molecule has 2 N–H and O–H groups in total. The van der Waals surface area contributed by atoms with E-state index in [2.05, 4.69) is 65.5 Å². The summed E-state index contributed by atoms with van der Waals surface area (Å²) >= 11 is 14.8. The molecule has 116 valence electrons. The Morgan fingerprint density at radius 3 is 2.50 bits per heavy atom. The number of hydrogen-bond donors (Lipinski definition) is 2. The highest BCUT2D eigenvalue weighted by molar-refractivity contribution is 9.10. The van der Waals surface area contributed by atoms with Gasteiger partial charge in [-0.15, -0.1) is 0 Å². The van der Waals surface area contributed by atoms with Gasteiger partial charge in [0.25, 0.3) is 0 Å². The van der Waals surface area contributed by atoms with Crippen LogP contribution in [0.3, 0.4) is 0 Å². The van der Waals surface area contributed by atoms with Crippen molar-refractivity contribution in [1.82, 2.24) is 5.32 Å². The maximum Gasteiger partial charge on any atom is 0.171 e. The van der Waals surface area contributed by atoms with Crippen molar-refractivity contribution in [3.63, 3.8) is 0 Å². The minimum Gasteiger partial charge on any atom is -0.356 e. The SMILES string of the molecule is Cc1ccc([C@@H](C)NC(=S)Nc2ccc(Br)c(Cl)c2)cc1C. The van der Waals surface area contributed by atoms with Crippen molar-refractivity contribution in [3.05, 3.63) is 62.6 Å². The molecule has 0 aliphatic carbocycles. The molecule has 1 atom stereocenters. The molecule has 0 aliphatic rings. The average Bonchev–Trinajstić information content (AvgIpc) is 2.45. The van der Waals surface area contributed by atoms with Gasteiger partial charge in [0.1, 0.15) is 0 Å². The zero-order chi connectivity index (χ0) is 16.3. The van der Waals surface area contributed by atoms with Crippen molar-refractivity contribution in [2.24, 2.45) is 0 Å². The second-order valence-electron chi connectivity index (χ2n) is 5.29. The molecule has 5 heteroatoms. The van der Waals surface area contributed by atoms with E-state index in [1.54, 1.807) is 0 Å². The largest absolute Gasteiger partial charge is 0.356 e. The van der Waals surface area contributed by atoms with E-state index < -0.39 is 0 Å². The van der Waals surface area contributed by atoms with Crippen LogP contribution in [0.15, 0.2) is 40.9 Å². The Bertz CT molecular complexity index is 703. The molecule has 0 aromatic heterocycles. The van der Waals surface area contributed by atoms with Gasteiger partial charge in [0, 0.05) is 10.2 Å². The highest BCUT2D eigenvalue weighted by Crippen LogP contribution is 2.25. The molecule has 0 heterocycles. The van der Waals surface area contributed by atoms with E-state index in [0.29, 0.717) is 10.1 Å². The molecule has 2 rings (SSSR count). The zero-order valence-electron chi connectivity index (χ0n) is 12.7. The van der Waals surface area contributed by atoms with Crippen LogP contribution < -0.4 is 10.6 Å². The summed E-state index contributed by atoms with van der Waals surface area (Å²) in [4.78, 5) is 0. The second kappa shape index (κ2) is 7.44. The number of thiocarbonyl (C=S) groups is 1. The molecular formula is C17H18BrClN2S. The molecule has 0 radical (unpaired) electrons. The summed E-state index contributed by atoms with van der Waals surface area (Å²) < 4.78 is 0.863. The van der Waals surface area contributed by atoms with Crippen molar-refractivity contribution in [2.75, 3.05) is 5.32 Å². The molecule has 0 saturated carbocycles. The van der Waals surface area contributed by atoms with Crippen molar-refractivity contribution >= 4 is 50.5 Å². The van der Waals surface area contributed by atoms with Crippen LogP contribution in [0.2, 0.25) is 5.02 Å². The smallest absolute Gasteiger partial charge is 0.171 e. The molecule has 0 bridgehead atoms. The highest BCUT2D eigenvalue weighted by atomic mass is 79.9. The first-order valence-electron chi connectivity index (χ1n) is 6.96. The summed E-state index contributed by atoms with van der Waals surface area (Å²) in [5.74, 6) is 0. The van der Waals surface area contributed by atoms with Crippen LogP contribution in [0.4, 0.5) is 5.69 Å². The number of halogens is 2. The minimum absolute atomic E-state index is 0.130. The first-order chi connectivity index (χ1) is 10.4. The number of rotatable bonds is 3. The fourth-order valence-corrected chi connectivity index (χ4v) is 2.78. The van der Waals surface area contributed by atoms with Gasteiger partial charge in [0.05, 0.1) is 11.1 Å². The first-order valence-corrected chi connectivity index (χ1v) is 8.54. The van der Waals surface area contributed by atoms with Gasteiger partial charge >= 0.3 is 0 Å². The molecule has 2 aromatic rings. The van der Waals surface area contributed by atoms with Gasteiger partial charge in [0.2, 0.25) is 0 Å². The monoisotopic (exact) mass is 396 g/mol. The lowest BCUT2D eigenvalue weighted by Gasteiger charge is -2.18. The quantitative estimate of drug-likeness (QED) is 0.643. The summed E-state index contributed by atoms with van der Waals surface area (Å²) in [6.45, 7) is 6.32. The van der Waals surface area contributed by atoms with Crippen LogP contribution in [-0.4, -0.2) is 5.11 Å². The van der Waals surface area contributed by atoms with E-state index in [0.717, 1.165) is 10.2 Å². The zero-order valence-corrected chi connectivity index (χ0v) is 15.9. The van der Waals surface area contributed by atoms with Gasteiger partial charge in [-0.05, 0) is 83.8 Å². The Morgan fingerprint density at radius 1 is 1.14 bits per heavy atom. The first kappa shape index (κ1) is 17.3. The molecule has 22 heavy (non-hydrogen) atoms. The summed E-state index contributed by atoms with van der Waals surface area (Å²) in [7, 11) is 0. The maximum absolute atomic E-state index is 6.08. The van der Waals surface area contributed by atoms with Crippen molar-refractivity contribution in [2.45, 2.75) is 26.8 Å². The molecule has 0 amide bonds. The van der Waals surface area contributed by atoms with Crippen LogP contribution in [0, 0.1) is 13.8 Å². The highest BCUT2D eigenvalue weighted by Gasteiger charge is 2.08. The Hall–Kier alpha value is -1.10. The molecule has 2 nitrogen and oxygen atoms in total. The number of nitrogens with one attached hydrogen (secondary N) is 2. The van der Waals surface area contributed by atoms with Gasteiger partial charge in [-0.25, -0.2) is 0 Å². The Balaban J connectivity index is 2.01. The predicted octanol–water partition coefficient (Wildman–Crippen LogP) is 5.77. The molecule has 2 aromatic carbocycles. The molecule has 0 spiro atoms. The van der Waals surface area contributed by atoms with Gasteiger partial charge < -0.3 is 10.6 Å². The topological polar surface area (TPSA) is 24.1 Å². The standard InChI is InChI=1S/C17H18BrClN2S/c1-10-4-5-13(8-11(10)2)12(3)20-17(22)21-14-6-7-15(18)16(19)9-14/h4-9,12H,1-3H3,(H2,20,21,22)/t12-/m1/s1. The van der Waals surface area contributed by atoms with E-state index in [-0.39, 0.29) is 6.04 Å². The third kappa shape index (κ3) is 4.45. The number of anilines is 1. The Morgan fingerprint density at radius 2 is 1.86 bits per heavy atom. The fraction of sp³-hybridized carbons (Fsp3) is 0.235. The van der Waals surface area contributed by atoms with E-state index in [1.165, 1.54) is 16.7 Å². The summed E-state index contributed by atoms with van der Waals surface area (Å²) in [5, 5.41) is 7.66. The van der Waals surface area contributed by atoms with Gasteiger partial charge in [0.15, 0.2) is 5.11 Å². The van der Waals surface area contributed by atoms with Gasteiger partial charge in [-0.1, -0.05) is 29.8 Å². The van der Waals surface area contributed by atoms with Crippen LogP contribution in [0.1, 0.15) is 29.7 Å². The maximum atomic E-state index is 6.08. The Kier molecular flexibility index (Phi) is 5.84. The van der Waals surface area contributed by atoms with Crippen molar-refractivity contribution in [3.8, 4) is 0 Å². The van der Waals surface area contributed by atoms with Crippen LogP contribution in [0.5, 0.6) is 0 Å². The van der Waals surface area contributed by atoms with Gasteiger partial charge in [-0.3, -0.25) is 0 Å². The molecule has 0 fully saturated rings. The summed E-state index contributed by atoms with van der Waals surface area (Å²) in [5.41, 5.74) is 4.64. The number of benzene rings is 2. The molecular weight excluding hydrogens is 380 g/mol. The van der Waals surface area contributed by atoms with Crippen molar-refractivity contribution in [1.29, 1.82) is 0 Å². The summed E-state index contributed by atoms with van der Waals surface area (Å²) in [6.07, 6.45) is 0. The Labute approximate surface area is 150 Å². The molecule has 0 unspecified atom stereocenters. The van der Waals surface area contributed by atoms with E-state index >= 15 is 0 Å². The third-order valence-electron chi connectivity index (χ3n) is 3.56. The summed E-state index contributed by atoms with van der Waals surface area (Å²) in [6, 6.07) is 12.2. The molecule has 0 saturated heterocycles. The normalized spacial score (nSPS) is 11.9.